The average molecular weight is 1130 g/mol. The molecule has 0 radical (unpaired) electrons. The Bertz CT molecular complexity index is 3210. The van der Waals surface area contributed by atoms with E-state index < -0.39 is 104 Å². The van der Waals surface area contributed by atoms with Crippen molar-refractivity contribution in [2.24, 2.45) is 0 Å². The van der Waals surface area contributed by atoms with Crippen LogP contribution in [0, 0.1) is 30.3 Å². The van der Waals surface area contributed by atoms with E-state index in [1.807, 2.05) is 0 Å². The number of hydrogen-bond donors (Lipinski definition) is 0. The maximum atomic E-state index is 15.2. The predicted octanol–water partition coefficient (Wildman–Crippen LogP) is 6.05. The molecule has 2 heterocycles. The minimum Gasteiger partial charge on any atom is -0.493 e. The van der Waals surface area contributed by atoms with Gasteiger partial charge in [0.15, 0.2) is 29.9 Å². The van der Waals surface area contributed by atoms with E-state index >= 15 is 8.42 Å². The molecule has 0 unspecified atom stereocenters. The lowest BCUT2D eigenvalue weighted by molar-refractivity contribution is -0.763. The molecule has 422 valence electrons. The summed E-state index contributed by atoms with van der Waals surface area (Å²) in [4.78, 5) is 101. The summed E-state index contributed by atoms with van der Waals surface area (Å²) in [5.74, 6) is -3.59. The fourth-order valence-corrected chi connectivity index (χ4v) is 7.94. The van der Waals surface area contributed by atoms with Crippen LogP contribution in [-0.4, -0.2) is 122 Å². The molecule has 0 N–H and O–H groups in total. The van der Waals surface area contributed by atoms with Crippen LogP contribution < -0.4 is 18.5 Å². The Morgan fingerprint density at radius 1 is 0.613 bits per heavy atom. The molecular formula is C49H48N8O22S. The second kappa shape index (κ2) is 28.4. The molecule has 0 fully saturated rings. The average Bonchev–Trinajstić information content (AvgIpc) is 3.49. The number of aromatic nitrogens is 4. The van der Waals surface area contributed by atoms with Gasteiger partial charge in [-0.3, -0.25) is 0 Å². The summed E-state index contributed by atoms with van der Waals surface area (Å²) in [5.41, 5.74) is 0.605. The molecule has 0 amide bonds. The third kappa shape index (κ3) is 17.2. The number of rotatable bonds is 31. The van der Waals surface area contributed by atoms with Crippen LogP contribution in [0.15, 0.2) is 120 Å². The Morgan fingerprint density at radius 2 is 1.18 bits per heavy atom. The number of carbonyl (C=O) groups excluding carboxylic acids is 3. The smallest absolute Gasteiger partial charge is 0.493 e. The second-order valence-electron chi connectivity index (χ2n) is 16.6. The number of carbonyl (C=O) groups is 3. The molecule has 4 aromatic carbocycles. The number of sulfonamides is 1. The van der Waals surface area contributed by atoms with Crippen molar-refractivity contribution in [3.63, 3.8) is 0 Å². The summed E-state index contributed by atoms with van der Waals surface area (Å²) in [7, 11) is -3.65. The van der Waals surface area contributed by atoms with Crippen molar-refractivity contribution in [1.29, 1.82) is 0 Å². The van der Waals surface area contributed by atoms with E-state index in [-0.39, 0.29) is 67.3 Å². The first-order valence-corrected chi connectivity index (χ1v) is 24.8. The summed E-state index contributed by atoms with van der Waals surface area (Å²) in [6, 6.07) is 24.4. The highest BCUT2D eigenvalue weighted by molar-refractivity contribution is 7.92. The molecule has 0 aliphatic heterocycles. The van der Waals surface area contributed by atoms with Crippen LogP contribution in [0.2, 0.25) is 0 Å². The van der Waals surface area contributed by atoms with E-state index in [4.69, 9.17) is 37.9 Å². The van der Waals surface area contributed by atoms with Gasteiger partial charge in [0.25, 0.3) is 31.2 Å². The van der Waals surface area contributed by atoms with Crippen molar-refractivity contribution in [1.82, 2.24) is 19.9 Å². The van der Waals surface area contributed by atoms with Crippen LogP contribution in [-0.2, 0) is 66.8 Å². The summed E-state index contributed by atoms with van der Waals surface area (Å²) < 4.78 is 75.6. The van der Waals surface area contributed by atoms with E-state index in [1.165, 1.54) is 110 Å². The number of methoxy groups -OCH3 is 1. The number of benzene rings is 4. The Morgan fingerprint density at radius 3 is 1.76 bits per heavy atom. The van der Waals surface area contributed by atoms with Gasteiger partial charge in [-0.05, 0) is 71.3 Å². The first kappa shape index (κ1) is 59.2. The highest BCUT2D eigenvalue weighted by atomic mass is 32.2. The molecule has 0 aliphatic rings. The number of para-hydroxylation sites is 2. The SMILES string of the molecule is COc1ccccc1Oc1c(OCCOC(=O)c2ccc(CO[N+](=O)[O-])cc2)nc(-c2ncccn2)nc1N(COC(=O)OCCOCCO[N+](=O)[O-])S(=O)(=O)c1ccc(C(C)(C)COC(=O)c2ccc(CO[N+](=O)[O-])cc2)cc1. The molecule has 0 bridgehead atoms. The Kier molecular flexibility index (Phi) is 21.0. The van der Waals surface area contributed by atoms with E-state index in [9.17, 15) is 44.7 Å². The highest BCUT2D eigenvalue weighted by Gasteiger charge is 2.35. The molecule has 31 heteroatoms. The molecule has 0 spiro atoms. The maximum absolute atomic E-state index is 15.2. The highest BCUT2D eigenvalue weighted by Crippen LogP contribution is 2.44. The lowest BCUT2D eigenvalue weighted by Crippen LogP contribution is -2.36. The Balaban J connectivity index is 1.35. The molecule has 0 aliphatic carbocycles. The number of hydrogen-bond acceptors (Lipinski definition) is 26. The summed E-state index contributed by atoms with van der Waals surface area (Å²) in [6.07, 6.45) is 1.29. The van der Waals surface area contributed by atoms with Crippen molar-refractivity contribution in [3.8, 4) is 34.8 Å². The van der Waals surface area contributed by atoms with Crippen LogP contribution in [0.25, 0.3) is 11.6 Å². The topological polar surface area (TPSA) is 371 Å². The minimum absolute atomic E-state index is 0.0280. The molecule has 6 rings (SSSR count). The third-order valence-corrected chi connectivity index (χ3v) is 12.4. The van der Waals surface area contributed by atoms with Crippen molar-refractivity contribution in [3.05, 3.63) is 174 Å². The number of anilines is 1. The van der Waals surface area contributed by atoms with Crippen LogP contribution in [0.1, 0.15) is 51.3 Å². The van der Waals surface area contributed by atoms with Gasteiger partial charge in [-0.25, -0.2) is 42.1 Å². The molecule has 0 atom stereocenters. The summed E-state index contributed by atoms with van der Waals surface area (Å²) in [5, 5.41) is 28.7. The molecule has 30 nitrogen and oxygen atoms in total. The van der Waals surface area contributed by atoms with E-state index in [2.05, 4.69) is 34.4 Å². The first-order chi connectivity index (χ1) is 38.3. The summed E-state index contributed by atoms with van der Waals surface area (Å²) in [6.45, 7) is -0.899. The zero-order valence-corrected chi connectivity index (χ0v) is 43.3. The maximum Gasteiger partial charge on any atom is 0.510 e. The quantitative estimate of drug-likeness (QED) is 0.0119. The van der Waals surface area contributed by atoms with Crippen LogP contribution in [0.5, 0.6) is 23.1 Å². The monoisotopic (exact) mass is 1130 g/mol. The normalized spacial score (nSPS) is 11.0. The zero-order chi connectivity index (χ0) is 57.7. The molecule has 0 saturated heterocycles. The van der Waals surface area contributed by atoms with E-state index in [0.717, 1.165) is 0 Å². The predicted molar refractivity (Wildman–Crippen MR) is 269 cm³/mol. The number of esters is 2. The first-order valence-electron chi connectivity index (χ1n) is 23.3. The Hall–Kier alpha value is -10.0. The van der Waals surface area contributed by atoms with Crippen LogP contribution in [0.3, 0.4) is 0 Å². The van der Waals surface area contributed by atoms with Crippen molar-refractivity contribution in [2.45, 2.75) is 37.4 Å². The van der Waals surface area contributed by atoms with Crippen molar-refractivity contribution in [2.75, 3.05) is 64.4 Å². The summed E-state index contributed by atoms with van der Waals surface area (Å²) >= 11 is 0. The van der Waals surface area contributed by atoms with Gasteiger partial charge in [0.05, 0.1) is 36.3 Å². The molecular weight excluding hydrogens is 1080 g/mol. The van der Waals surface area contributed by atoms with E-state index in [0.29, 0.717) is 21.0 Å². The van der Waals surface area contributed by atoms with Crippen LogP contribution >= 0.6 is 0 Å². The van der Waals surface area contributed by atoms with Gasteiger partial charge in [0, 0.05) is 17.8 Å². The van der Waals surface area contributed by atoms with Gasteiger partial charge < -0.3 is 52.4 Å². The second-order valence-corrected chi connectivity index (χ2v) is 18.4. The zero-order valence-electron chi connectivity index (χ0n) is 42.5. The minimum atomic E-state index is -4.99. The largest absolute Gasteiger partial charge is 0.510 e. The van der Waals surface area contributed by atoms with Crippen molar-refractivity contribution >= 4 is 33.9 Å². The van der Waals surface area contributed by atoms with Crippen LogP contribution in [0.4, 0.5) is 10.6 Å². The molecule has 80 heavy (non-hydrogen) atoms. The standard InChI is InChI=1S/C49H48N8O22S/c1-49(2,31-74-47(59)36-15-11-34(12-16-36)30-78-57(65)66)37-17-19-38(20-18-37)80(67,68)54(32-75-48(60)73-25-23-70-24-28-76-55(61)62)44-41(79-40-8-5-4-7-39(40)69-3)45(53-43(52-44)42-50-21-6-22-51-42)71-26-27-72-46(58)35-13-9-33(10-14-35)29-77-56(63)64/h4-22H,23-32H2,1-3H3. The number of nitrogens with zero attached hydrogens (tertiary/aromatic N) is 8. The van der Waals surface area contributed by atoms with Crippen molar-refractivity contribution < 1.29 is 90.5 Å². The fraction of sp³-hybridized carbons (Fsp3) is 0.286. The van der Waals surface area contributed by atoms with Gasteiger partial charge in [-0.2, -0.15) is 4.98 Å². The molecule has 2 aromatic heterocycles. The van der Waals surface area contributed by atoms with Gasteiger partial charge in [0.2, 0.25) is 11.6 Å². The lowest BCUT2D eigenvalue weighted by Gasteiger charge is -2.27. The number of ether oxygens (including phenoxy) is 8. The van der Waals surface area contributed by atoms with Gasteiger partial charge in [0.1, 0.15) is 46.2 Å². The van der Waals surface area contributed by atoms with Gasteiger partial charge in [-0.1, -0.05) is 62.4 Å². The van der Waals surface area contributed by atoms with E-state index in [1.54, 1.807) is 26.0 Å². The van der Waals surface area contributed by atoms with Gasteiger partial charge in [-0.15, -0.1) is 30.3 Å². The van der Waals surface area contributed by atoms with Gasteiger partial charge >= 0.3 is 18.1 Å². The fourth-order valence-electron chi connectivity index (χ4n) is 6.66. The lowest BCUT2D eigenvalue weighted by atomic mass is 9.86. The Labute approximate surface area is 453 Å². The third-order valence-electron chi connectivity index (χ3n) is 10.7. The molecule has 0 saturated carbocycles. The molecule has 6 aromatic rings.